The van der Waals surface area contributed by atoms with Crippen molar-refractivity contribution in [2.24, 2.45) is 17.3 Å². The van der Waals surface area contributed by atoms with Crippen LogP contribution >= 0.6 is 0 Å². The molecule has 94 valence electrons. The predicted molar refractivity (Wildman–Crippen MR) is 66.0 cm³/mol. The van der Waals surface area contributed by atoms with Gasteiger partial charge in [0, 0.05) is 12.6 Å². The van der Waals surface area contributed by atoms with Crippen molar-refractivity contribution in [3.63, 3.8) is 0 Å². The number of nitriles is 1. The van der Waals surface area contributed by atoms with Gasteiger partial charge in [0.25, 0.3) is 0 Å². The molecule has 0 bridgehead atoms. The first-order chi connectivity index (χ1) is 8.00. The van der Waals surface area contributed by atoms with Crippen LogP contribution in [0.2, 0.25) is 0 Å². The first-order valence-corrected chi connectivity index (χ1v) is 6.72. The van der Waals surface area contributed by atoms with Gasteiger partial charge in [-0.25, -0.2) is 0 Å². The van der Waals surface area contributed by atoms with E-state index in [1.54, 1.807) is 0 Å². The number of rotatable bonds is 1. The Morgan fingerprint density at radius 2 is 2.00 bits per heavy atom. The number of hydrogen-bond acceptors (Lipinski definition) is 2. The molecule has 17 heavy (non-hydrogen) atoms. The van der Waals surface area contributed by atoms with Crippen molar-refractivity contribution in [3.05, 3.63) is 0 Å². The van der Waals surface area contributed by atoms with Gasteiger partial charge in [0.05, 0.1) is 6.07 Å². The van der Waals surface area contributed by atoms with Crippen LogP contribution < -0.4 is 0 Å². The summed E-state index contributed by atoms with van der Waals surface area (Å²) in [5, 5.41) is 9.31. The van der Waals surface area contributed by atoms with E-state index in [0.29, 0.717) is 11.8 Å². The van der Waals surface area contributed by atoms with Crippen molar-refractivity contribution in [2.45, 2.75) is 52.5 Å². The molecule has 2 fully saturated rings. The maximum atomic E-state index is 12.5. The first-order valence-electron chi connectivity index (χ1n) is 6.72. The van der Waals surface area contributed by atoms with Crippen molar-refractivity contribution in [1.29, 1.82) is 5.26 Å². The van der Waals surface area contributed by atoms with Crippen molar-refractivity contribution in [3.8, 4) is 6.07 Å². The van der Waals surface area contributed by atoms with Crippen LogP contribution in [0.3, 0.4) is 0 Å². The summed E-state index contributed by atoms with van der Waals surface area (Å²) >= 11 is 0. The zero-order chi connectivity index (χ0) is 12.6. The van der Waals surface area contributed by atoms with E-state index in [9.17, 15) is 10.1 Å². The second-order valence-corrected chi connectivity index (χ2v) is 6.07. The normalized spacial score (nSPS) is 41.5. The van der Waals surface area contributed by atoms with Gasteiger partial charge in [-0.05, 0) is 44.4 Å². The molecule has 0 radical (unpaired) electrons. The summed E-state index contributed by atoms with van der Waals surface area (Å²) in [6.07, 6.45) is 3.77. The molecule has 0 N–H and O–H groups in total. The van der Waals surface area contributed by atoms with Crippen molar-refractivity contribution >= 4 is 5.91 Å². The molecule has 2 unspecified atom stereocenters. The Balaban J connectivity index is 2.12. The van der Waals surface area contributed by atoms with E-state index >= 15 is 0 Å². The standard InChI is InChI=1S/C14H22N2O/c1-10-7-14(8-10,9-15)13(17)16-6-4-5-11(2)12(16)3/h10-12H,4-8H2,1-3H3. The molecule has 2 rings (SSSR count). The van der Waals surface area contributed by atoms with E-state index < -0.39 is 5.41 Å². The van der Waals surface area contributed by atoms with Crippen LogP contribution in [0.25, 0.3) is 0 Å². The van der Waals surface area contributed by atoms with Crippen molar-refractivity contribution in [1.82, 2.24) is 4.90 Å². The molecule has 2 aliphatic rings. The largest absolute Gasteiger partial charge is 0.338 e. The molecule has 2 atom stereocenters. The van der Waals surface area contributed by atoms with Gasteiger partial charge in [-0.15, -0.1) is 0 Å². The number of carbonyl (C=O) groups is 1. The third-order valence-electron chi connectivity index (χ3n) is 4.65. The molecule has 3 nitrogen and oxygen atoms in total. The highest BCUT2D eigenvalue weighted by atomic mass is 16.2. The Hall–Kier alpha value is -1.04. The van der Waals surface area contributed by atoms with Crippen LogP contribution in [0, 0.1) is 28.6 Å². The monoisotopic (exact) mass is 234 g/mol. The van der Waals surface area contributed by atoms with Gasteiger partial charge in [-0.2, -0.15) is 5.26 Å². The molecule has 1 aliphatic heterocycles. The van der Waals surface area contributed by atoms with Gasteiger partial charge in [0.15, 0.2) is 0 Å². The lowest BCUT2D eigenvalue weighted by molar-refractivity contribution is -0.150. The molecule has 0 aromatic rings. The van der Waals surface area contributed by atoms with Crippen molar-refractivity contribution < 1.29 is 4.79 Å². The summed E-state index contributed by atoms with van der Waals surface area (Å²) in [5.74, 6) is 1.18. The highest BCUT2D eigenvalue weighted by molar-refractivity contribution is 5.87. The molecule has 1 saturated carbocycles. The van der Waals surface area contributed by atoms with Crippen molar-refractivity contribution in [2.75, 3.05) is 6.54 Å². The summed E-state index contributed by atoms with van der Waals surface area (Å²) in [5.41, 5.74) is -0.690. The lowest BCUT2D eigenvalue weighted by atomic mass is 9.62. The Kier molecular flexibility index (Phi) is 3.16. The molecular formula is C14H22N2O. The van der Waals surface area contributed by atoms with Crippen LogP contribution in [0.4, 0.5) is 0 Å². The Bertz CT molecular complexity index is 352. The van der Waals surface area contributed by atoms with Gasteiger partial charge in [0.2, 0.25) is 5.91 Å². The molecule has 3 heteroatoms. The Morgan fingerprint density at radius 1 is 1.35 bits per heavy atom. The molecule has 1 heterocycles. The van der Waals surface area contributed by atoms with Crippen LogP contribution in [-0.2, 0) is 4.79 Å². The summed E-state index contributed by atoms with van der Waals surface area (Å²) in [6, 6.07) is 2.58. The van der Waals surface area contributed by atoms with E-state index in [-0.39, 0.29) is 11.9 Å². The van der Waals surface area contributed by atoms with E-state index in [1.165, 1.54) is 6.42 Å². The van der Waals surface area contributed by atoms with E-state index in [4.69, 9.17) is 0 Å². The van der Waals surface area contributed by atoms with Crippen LogP contribution in [0.1, 0.15) is 46.5 Å². The smallest absolute Gasteiger partial charge is 0.243 e. The second kappa shape index (κ2) is 4.33. The lowest BCUT2D eigenvalue weighted by Crippen LogP contribution is -2.55. The maximum absolute atomic E-state index is 12.5. The molecule has 1 saturated heterocycles. The second-order valence-electron chi connectivity index (χ2n) is 6.07. The van der Waals surface area contributed by atoms with E-state index in [2.05, 4.69) is 26.8 Å². The summed E-state index contributed by atoms with van der Waals surface area (Å²) in [6.45, 7) is 7.27. The fraction of sp³-hybridized carbons (Fsp3) is 0.857. The van der Waals surface area contributed by atoms with Crippen LogP contribution in [0.15, 0.2) is 0 Å². The molecule has 1 aliphatic carbocycles. The average molecular weight is 234 g/mol. The summed E-state index contributed by atoms with van der Waals surface area (Å²) in [4.78, 5) is 14.5. The Morgan fingerprint density at radius 3 is 2.53 bits per heavy atom. The van der Waals surface area contributed by atoms with E-state index in [1.807, 2.05) is 4.90 Å². The molecular weight excluding hydrogens is 212 g/mol. The quantitative estimate of drug-likeness (QED) is 0.700. The topological polar surface area (TPSA) is 44.1 Å². The number of amides is 1. The number of hydrogen-bond donors (Lipinski definition) is 0. The number of nitrogens with zero attached hydrogens (tertiary/aromatic N) is 2. The minimum atomic E-state index is -0.690. The van der Waals surface area contributed by atoms with E-state index in [0.717, 1.165) is 25.8 Å². The van der Waals surface area contributed by atoms with Gasteiger partial charge in [-0.3, -0.25) is 4.79 Å². The molecule has 0 spiro atoms. The third-order valence-corrected chi connectivity index (χ3v) is 4.65. The number of carbonyl (C=O) groups excluding carboxylic acids is 1. The molecule has 1 amide bonds. The van der Waals surface area contributed by atoms with Gasteiger partial charge in [-0.1, -0.05) is 13.8 Å². The summed E-state index contributed by atoms with van der Waals surface area (Å²) in [7, 11) is 0. The minimum Gasteiger partial charge on any atom is -0.338 e. The predicted octanol–water partition coefficient (Wildman–Crippen LogP) is 2.57. The first kappa shape index (κ1) is 12.4. The SMILES string of the molecule is CC1CC(C#N)(C(=O)N2CCCC(C)C2C)C1. The molecule has 0 aromatic heterocycles. The third kappa shape index (κ3) is 1.94. The highest BCUT2D eigenvalue weighted by Gasteiger charge is 2.51. The fourth-order valence-electron chi connectivity index (χ4n) is 3.34. The minimum absolute atomic E-state index is 0.0946. The number of likely N-dealkylation sites (tertiary alicyclic amines) is 1. The maximum Gasteiger partial charge on any atom is 0.243 e. The van der Waals surface area contributed by atoms with Crippen LogP contribution in [-0.4, -0.2) is 23.4 Å². The van der Waals surface area contributed by atoms with Crippen LogP contribution in [0.5, 0.6) is 0 Å². The Labute approximate surface area is 104 Å². The zero-order valence-corrected chi connectivity index (χ0v) is 11.1. The highest BCUT2D eigenvalue weighted by Crippen LogP contribution is 2.47. The number of piperidine rings is 1. The van der Waals surface area contributed by atoms with Gasteiger partial charge < -0.3 is 4.90 Å². The average Bonchev–Trinajstić information content (AvgIpc) is 2.27. The fourth-order valence-corrected chi connectivity index (χ4v) is 3.34. The van der Waals surface area contributed by atoms with Gasteiger partial charge >= 0.3 is 0 Å². The van der Waals surface area contributed by atoms with Gasteiger partial charge in [0.1, 0.15) is 5.41 Å². The molecule has 0 aromatic carbocycles. The lowest BCUT2D eigenvalue weighted by Gasteiger charge is -2.46. The summed E-state index contributed by atoms with van der Waals surface area (Å²) < 4.78 is 0. The zero-order valence-electron chi connectivity index (χ0n) is 11.1.